The minimum Gasteiger partial charge on any atom is -0.508 e. The van der Waals surface area contributed by atoms with E-state index in [1.807, 2.05) is 20.8 Å². The molecule has 2 N–H and O–H groups in total. The highest BCUT2D eigenvalue weighted by atomic mass is 16.4. The number of benzene rings is 1. The normalized spacial score (nSPS) is 11.7. The lowest BCUT2D eigenvalue weighted by molar-refractivity contribution is 0.0699. The molecule has 1 aromatic heterocycles. The number of fused-ring (bicyclic) bond motifs is 1. The smallest absolute Gasteiger partial charge is 0.336 e. The van der Waals surface area contributed by atoms with Crippen molar-refractivity contribution in [3.05, 3.63) is 35.5 Å². The molecule has 0 spiro atoms. The lowest BCUT2D eigenvalue weighted by atomic mass is 9.90. The van der Waals surface area contributed by atoms with Gasteiger partial charge in [0.25, 0.3) is 0 Å². The average molecular weight is 245 g/mol. The van der Waals surface area contributed by atoms with Gasteiger partial charge in [-0.05, 0) is 24.3 Å². The first-order valence-corrected chi connectivity index (χ1v) is 5.66. The Hall–Kier alpha value is -2.10. The first kappa shape index (κ1) is 12.4. The summed E-state index contributed by atoms with van der Waals surface area (Å²) < 4.78 is 0. The SMILES string of the molecule is CC(C)(C)c1cc(C(=O)O)c2cc(O)ccc2n1. The number of aromatic carboxylic acids is 1. The summed E-state index contributed by atoms with van der Waals surface area (Å²) in [5, 5.41) is 19.2. The molecule has 0 aliphatic carbocycles. The van der Waals surface area contributed by atoms with Crippen molar-refractivity contribution in [1.82, 2.24) is 4.98 Å². The molecule has 0 atom stereocenters. The number of pyridine rings is 1. The van der Waals surface area contributed by atoms with Gasteiger partial charge in [0, 0.05) is 16.5 Å². The van der Waals surface area contributed by atoms with Gasteiger partial charge in [0.2, 0.25) is 0 Å². The molecular formula is C14H15NO3. The number of rotatable bonds is 1. The molecule has 0 radical (unpaired) electrons. The third kappa shape index (κ3) is 2.14. The number of phenols is 1. The molecule has 0 bridgehead atoms. The van der Waals surface area contributed by atoms with E-state index in [0.29, 0.717) is 10.9 Å². The standard InChI is InChI=1S/C14H15NO3/c1-14(2,3)12-7-10(13(17)18)9-6-8(16)4-5-11(9)15-12/h4-7,16H,1-3H3,(H,17,18). The van der Waals surface area contributed by atoms with Gasteiger partial charge in [0.15, 0.2) is 0 Å². The van der Waals surface area contributed by atoms with Crippen LogP contribution in [0.3, 0.4) is 0 Å². The molecule has 0 aliphatic heterocycles. The number of carbonyl (C=O) groups is 1. The fourth-order valence-electron chi connectivity index (χ4n) is 1.77. The van der Waals surface area contributed by atoms with Crippen molar-refractivity contribution >= 4 is 16.9 Å². The van der Waals surface area contributed by atoms with Gasteiger partial charge in [-0.25, -0.2) is 4.79 Å². The molecule has 0 unspecified atom stereocenters. The van der Waals surface area contributed by atoms with Gasteiger partial charge in [-0.1, -0.05) is 20.8 Å². The van der Waals surface area contributed by atoms with Gasteiger partial charge < -0.3 is 10.2 Å². The quantitative estimate of drug-likeness (QED) is 0.810. The zero-order chi connectivity index (χ0) is 13.5. The third-order valence-corrected chi connectivity index (χ3v) is 2.79. The van der Waals surface area contributed by atoms with E-state index in [1.54, 1.807) is 12.1 Å². The second kappa shape index (κ2) is 3.98. The summed E-state index contributed by atoms with van der Waals surface area (Å²) in [6, 6.07) is 6.14. The Morgan fingerprint density at radius 1 is 1.22 bits per heavy atom. The number of carboxylic acid groups (broad SMARTS) is 1. The highest BCUT2D eigenvalue weighted by Crippen LogP contribution is 2.28. The van der Waals surface area contributed by atoms with E-state index in [0.717, 1.165) is 5.69 Å². The summed E-state index contributed by atoms with van der Waals surface area (Å²) in [6.45, 7) is 5.94. The predicted octanol–water partition coefficient (Wildman–Crippen LogP) is 2.94. The van der Waals surface area contributed by atoms with Gasteiger partial charge in [0.1, 0.15) is 5.75 Å². The summed E-state index contributed by atoms with van der Waals surface area (Å²) in [4.78, 5) is 15.8. The van der Waals surface area contributed by atoms with Gasteiger partial charge in [0.05, 0.1) is 11.1 Å². The van der Waals surface area contributed by atoms with Crippen molar-refractivity contribution in [2.24, 2.45) is 0 Å². The molecule has 18 heavy (non-hydrogen) atoms. The Kier molecular flexibility index (Phi) is 2.73. The Bertz CT molecular complexity index is 627. The van der Waals surface area contributed by atoms with Crippen molar-refractivity contribution in [3.63, 3.8) is 0 Å². The number of carboxylic acids is 1. The summed E-state index contributed by atoms with van der Waals surface area (Å²) in [5.74, 6) is -0.978. The van der Waals surface area contributed by atoms with Gasteiger partial charge in [-0.3, -0.25) is 4.98 Å². The molecular weight excluding hydrogens is 230 g/mol. The van der Waals surface area contributed by atoms with Gasteiger partial charge >= 0.3 is 5.97 Å². The monoisotopic (exact) mass is 245 g/mol. The first-order chi connectivity index (χ1) is 8.29. The Morgan fingerprint density at radius 2 is 1.89 bits per heavy atom. The minimum absolute atomic E-state index is 0.0373. The number of hydrogen-bond acceptors (Lipinski definition) is 3. The van der Waals surface area contributed by atoms with Crippen molar-refractivity contribution < 1.29 is 15.0 Å². The highest BCUT2D eigenvalue weighted by Gasteiger charge is 2.20. The molecule has 0 fully saturated rings. The topological polar surface area (TPSA) is 70.4 Å². The van der Waals surface area contributed by atoms with Crippen LogP contribution in [0.5, 0.6) is 5.75 Å². The summed E-state index contributed by atoms with van der Waals surface area (Å²) in [5.41, 5.74) is 1.24. The van der Waals surface area contributed by atoms with Crippen LogP contribution in [0.25, 0.3) is 10.9 Å². The zero-order valence-electron chi connectivity index (χ0n) is 10.6. The molecule has 0 saturated carbocycles. The Labute approximate surface area is 105 Å². The van der Waals surface area contributed by atoms with Gasteiger partial charge in [-0.15, -0.1) is 0 Å². The predicted molar refractivity (Wildman–Crippen MR) is 69.1 cm³/mol. The van der Waals surface area contributed by atoms with E-state index in [4.69, 9.17) is 0 Å². The van der Waals surface area contributed by atoms with Crippen LogP contribution in [0.1, 0.15) is 36.8 Å². The summed E-state index contributed by atoms with van der Waals surface area (Å²) in [7, 11) is 0. The first-order valence-electron chi connectivity index (χ1n) is 5.66. The van der Waals surface area contributed by atoms with Crippen LogP contribution in [0.2, 0.25) is 0 Å². The second-order valence-corrected chi connectivity index (χ2v) is 5.31. The van der Waals surface area contributed by atoms with E-state index in [-0.39, 0.29) is 16.7 Å². The molecule has 1 aromatic carbocycles. The number of nitrogens with zero attached hydrogens (tertiary/aromatic N) is 1. The maximum Gasteiger partial charge on any atom is 0.336 e. The molecule has 94 valence electrons. The second-order valence-electron chi connectivity index (χ2n) is 5.31. The van der Waals surface area contributed by atoms with E-state index < -0.39 is 5.97 Å². The van der Waals surface area contributed by atoms with Crippen LogP contribution >= 0.6 is 0 Å². The van der Waals surface area contributed by atoms with Crippen molar-refractivity contribution in [2.75, 3.05) is 0 Å². The summed E-state index contributed by atoms with van der Waals surface area (Å²) >= 11 is 0. The van der Waals surface area contributed by atoms with E-state index in [2.05, 4.69) is 4.98 Å². The van der Waals surface area contributed by atoms with Crippen LogP contribution in [-0.2, 0) is 5.41 Å². The number of hydrogen-bond donors (Lipinski definition) is 2. The largest absolute Gasteiger partial charge is 0.508 e. The number of phenolic OH excluding ortho intramolecular Hbond substituents is 1. The molecule has 1 heterocycles. The van der Waals surface area contributed by atoms with Crippen molar-refractivity contribution in [3.8, 4) is 5.75 Å². The van der Waals surface area contributed by atoms with Crippen LogP contribution in [0, 0.1) is 0 Å². The third-order valence-electron chi connectivity index (χ3n) is 2.79. The van der Waals surface area contributed by atoms with E-state index in [9.17, 15) is 15.0 Å². The molecule has 4 nitrogen and oxygen atoms in total. The fraction of sp³-hybridized carbons (Fsp3) is 0.286. The lowest BCUT2D eigenvalue weighted by Gasteiger charge is -2.19. The van der Waals surface area contributed by atoms with E-state index in [1.165, 1.54) is 12.1 Å². The maximum atomic E-state index is 11.3. The van der Waals surface area contributed by atoms with Crippen molar-refractivity contribution in [2.45, 2.75) is 26.2 Å². The molecule has 0 aliphatic rings. The molecule has 2 aromatic rings. The number of aromatic nitrogens is 1. The van der Waals surface area contributed by atoms with Crippen LogP contribution in [0.4, 0.5) is 0 Å². The number of aromatic hydroxyl groups is 1. The average Bonchev–Trinajstić information content (AvgIpc) is 2.25. The van der Waals surface area contributed by atoms with Crippen LogP contribution in [-0.4, -0.2) is 21.2 Å². The Balaban J connectivity index is 2.83. The zero-order valence-corrected chi connectivity index (χ0v) is 10.6. The van der Waals surface area contributed by atoms with E-state index >= 15 is 0 Å². The molecule has 2 rings (SSSR count). The van der Waals surface area contributed by atoms with Crippen molar-refractivity contribution in [1.29, 1.82) is 0 Å². The van der Waals surface area contributed by atoms with Gasteiger partial charge in [-0.2, -0.15) is 0 Å². The van der Waals surface area contributed by atoms with Crippen LogP contribution < -0.4 is 0 Å². The summed E-state index contributed by atoms with van der Waals surface area (Å²) in [6.07, 6.45) is 0. The minimum atomic E-state index is -1.02. The fourth-order valence-corrected chi connectivity index (χ4v) is 1.77. The Morgan fingerprint density at radius 3 is 2.44 bits per heavy atom. The van der Waals surface area contributed by atoms with Crippen LogP contribution in [0.15, 0.2) is 24.3 Å². The highest BCUT2D eigenvalue weighted by molar-refractivity contribution is 6.03. The maximum absolute atomic E-state index is 11.3. The molecule has 4 heteroatoms. The molecule has 0 saturated heterocycles. The molecule has 0 amide bonds. The lowest BCUT2D eigenvalue weighted by Crippen LogP contribution is -2.15.